The third kappa shape index (κ3) is 6.50. The van der Waals surface area contributed by atoms with Crippen LogP contribution in [-0.2, 0) is 9.59 Å². The second-order valence-corrected chi connectivity index (χ2v) is 5.13. The SMILES string of the molecule is O=C(CCC1CCCCC1)NC(CC(F)F)C(=O)O. The molecule has 0 aromatic carbocycles. The number of carboxylic acids is 1. The average molecular weight is 277 g/mol. The van der Waals surface area contributed by atoms with Crippen LogP contribution in [0.1, 0.15) is 51.4 Å². The molecular weight excluding hydrogens is 256 g/mol. The lowest BCUT2D eigenvalue weighted by Gasteiger charge is -2.21. The fourth-order valence-corrected chi connectivity index (χ4v) is 2.48. The summed E-state index contributed by atoms with van der Waals surface area (Å²) in [7, 11) is 0. The highest BCUT2D eigenvalue weighted by Gasteiger charge is 2.24. The Labute approximate surface area is 111 Å². The maximum Gasteiger partial charge on any atom is 0.326 e. The van der Waals surface area contributed by atoms with Crippen LogP contribution < -0.4 is 5.32 Å². The van der Waals surface area contributed by atoms with Gasteiger partial charge >= 0.3 is 5.97 Å². The molecule has 0 aromatic rings. The standard InChI is InChI=1S/C13H21F2NO3/c14-11(15)8-10(13(18)19)16-12(17)7-6-9-4-2-1-3-5-9/h9-11H,1-8H2,(H,16,17)(H,18,19). The van der Waals surface area contributed by atoms with Crippen LogP contribution in [0, 0.1) is 5.92 Å². The number of halogens is 2. The third-order valence-corrected chi connectivity index (χ3v) is 3.55. The predicted molar refractivity (Wildman–Crippen MR) is 66.0 cm³/mol. The normalized spacial score (nSPS) is 18.3. The van der Waals surface area contributed by atoms with Crippen LogP contribution in [-0.4, -0.2) is 29.5 Å². The molecular formula is C13H21F2NO3. The predicted octanol–water partition coefficient (Wildman–Crippen LogP) is 2.57. The van der Waals surface area contributed by atoms with Gasteiger partial charge in [0.1, 0.15) is 6.04 Å². The fraction of sp³-hybridized carbons (Fsp3) is 0.846. The number of nitrogens with one attached hydrogen (secondary N) is 1. The minimum Gasteiger partial charge on any atom is -0.480 e. The van der Waals surface area contributed by atoms with Gasteiger partial charge in [-0.15, -0.1) is 0 Å². The Bertz CT molecular complexity index is 304. The zero-order valence-corrected chi connectivity index (χ0v) is 10.9. The number of alkyl halides is 2. The Morgan fingerprint density at radius 3 is 2.37 bits per heavy atom. The lowest BCUT2D eigenvalue weighted by Crippen LogP contribution is -2.42. The molecule has 0 bridgehead atoms. The Balaban J connectivity index is 2.29. The molecule has 1 aliphatic rings. The van der Waals surface area contributed by atoms with E-state index in [-0.39, 0.29) is 6.42 Å². The molecule has 19 heavy (non-hydrogen) atoms. The second kappa shape index (κ2) is 8.07. The largest absolute Gasteiger partial charge is 0.480 e. The van der Waals surface area contributed by atoms with E-state index in [0.29, 0.717) is 12.3 Å². The van der Waals surface area contributed by atoms with Gasteiger partial charge in [-0.2, -0.15) is 0 Å². The van der Waals surface area contributed by atoms with Crippen LogP contribution in [0.3, 0.4) is 0 Å². The molecule has 6 heteroatoms. The quantitative estimate of drug-likeness (QED) is 0.751. The first-order valence-electron chi connectivity index (χ1n) is 6.79. The van der Waals surface area contributed by atoms with Gasteiger partial charge in [-0.25, -0.2) is 13.6 Å². The van der Waals surface area contributed by atoms with Crippen LogP contribution in [0.15, 0.2) is 0 Å². The molecule has 0 aliphatic heterocycles. The van der Waals surface area contributed by atoms with Crippen LogP contribution in [0.5, 0.6) is 0 Å². The highest BCUT2D eigenvalue weighted by molar-refractivity contribution is 5.83. The first kappa shape index (κ1) is 15.9. The summed E-state index contributed by atoms with van der Waals surface area (Å²) < 4.78 is 24.3. The summed E-state index contributed by atoms with van der Waals surface area (Å²) in [6, 6.07) is -1.49. The molecule has 0 radical (unpaired) electrons. The van der Waals surface area contributed by atoms with E-state index in [2.05, 4.69) is 5.32 Å². The van der Waals surface area contributed by atoms with E-state index in [0.717, 1.165) is 12.8 Å². The average Bonchev–Trinajstić information content (AvgIpc) is 2.36. The number of hydrogen-bond donors (Lipinski definition) is 2. The van der Waals surface area contributed by atoms with E-state index in [1.165, 1.54) is 19.3 Å². The summed E-state index contributed by atoms with van der Waals surface area (Å²) in [6.07, 6.45) is 3.15. The monoisotopic (exact) mass is 277 g/mol. The summed E-state index contributed by atoms with van der Waals surface area (Å²) in [6.45, 7) is 0. The molecule has 1 atom stereocenters. The summed E-state index contributed by atoms with van der Waals surface area (Å²) in [5, 5.41) is 10.9. The summed E-state index contributed by atoms with van der Waals surface area (Å²) in [4.78, 5) is 22.3. The van der Waals surface area contributed by atoms with E-state index in [1.807, 2.05) is 0 Å². The van der Waals surface area contributed by atoms with Gasteiger partial charge < -0.3 is 10.4 Å². The van der Waals surface area contributed by atoms with Crippen molar-refractivity contribution in [2.24, 2.45) is 5.92 Å². The molecule has 0 saturated heterocycles. The number of hydrogen-bond acceptors (Lipinski definition) is 2. The highest BCUT2D eigenvalue weighted by atomic mass is 19.3. The van der Waals surface area contributed by atoms with Gasteiger partial charge in [-0.05, 0) is 12.3 Å². The summed E-state index contributed by atoms with van der Waals surface area (Å²) >= 11 is 0. The van der Waals surface area contributed by atoms with Gasteiger partial charge in [0.15, 0.2) is 0 Å². The molecule has 0 spiro atoms. The Hall–Kier alpha value is -1.20. The van der Waals surface area contributed by atoms with Crippen LogP contribution in [0.2, 0.25) is 0 Å². The maximum absolute atomic E-state index is 12.2. The van der Waals surface area contributed by atoms with Crippen molar-refractivity contribution in [3.05, 3.63) is 0 Å². The van der Waals surface area contributed by atoms with Crippen LogP contribution in [0.25, 0.3) is 0 Å². The number of carboxylic acid groups (broad SMARTS) is 1. The second-order valence-electron chi connectivity index (χ2n) is 5.13. The topological polar surface area (TPSA) is 66.4 Å². The zero-order valence-electron chi connectivity index (χ0n) is 10.9. The Morgan fingerprint density at radius 1 is 1.21 bits per heavy atom. The minimum absolute atomic E-state index is 0.220. The van der Waals surface area contributed by atoms with Crippen molar-refractivity contribution < 1.29 is 23.5 Å². The molecule has 0 aromatic heterocycles. The maximum atomic E-state index is 12.2. The first-order chi connectivity index (χ1) is 8.99. The lowest BCUT2D eigenvalue weighted by molar-refractivity contribution is -0.143. The molecule has 1 unspecified atom stereocenters. The summed E-state index contributed by atoms with van der Waals surface area (Å²) in [5.74, 6) is -1.34. The number of amides is 1. The first-order valence-corrected chi connectivity index (χ1v) is 6.79. The molecule has 2 N–H and O–H groups in total. The van der Waals surface area contributed by atoms with Gasteiger partial charge in [-0.3, -0.25) is 4.79 Å². The number of carbonyl (C=O) groups is 2. The molecule has 1 fully saturated rings. The van der Waals surface area contributed by atoms with E-state index in [9.17, 15) is 18.4 Å². The molecule has 1 saturated carbocycles. The van der Waals surface area contributed by atoms with E-state index in [1.54, 1.807) is 0 Å². The number of aliphatic carboxylic acids is 1. The minimum atomic E-state index is -2.74. The Morgan fingerprint density at radius 2 is 1.84 bits per heavy atom. The zero-order chi connectivity index (χ0) is 14.3. The summed E-state index contributed by atoms with van der Waals surface area (Å²) in [5.41, 5.74) is 0. The van der Waals surface area contributed by atoms with Gasteiger partial charge in [0.2, 0.25) is 12.3 Å². The highest BCUT2D eigenvalue weighted by Crippen LogP contribution is 2.27. The smallest absolute Gasteiger partial charge is 0.326 e. The number of rotatable bonds is 7. The van der Waals surface area contributed by atoms with Gasteiger partial charge in [-0.1, -0.05) is 32.1 Å². The van der Waals surface area contributed by atoms with Crippen molar-refractivity contribution in [3.8, 4) is 0 Å². The van der Waals surface area contributed by atoms with Crippen molar-refractivity contribution >= 4 is 11.9 Å². The Kier molecular flexibility index (Phi) is 6.73. The van der Waals surface area contributed by atoms with Crippen molar-refractivity contribution in [1.29, 1.82) is 0 Å². The lowest BCUT2D eigenvalue weighted by atomic mass is 9.86. The van der Waals surface area contributed by atoms with Gasteiger partial charge in [0.05, 0.1) is 0 Å². The van der Waals surface area contributed by atoms with Crippen molar-refractivity contribution in [2.45, 2.75) is 63.8 Å². The van der Waals surface area contributed by atoms with Crippen molar-refractivity contribution in [3.63, 3.8) is 0 Å². The molecule has 1 aliphatic carbocycles. The molecule has 4 nitrogen and oxygen atoms in total. The van der Waals surface area contributed by atoms with E-state index in [4.69, 9.17) is 5.11 Å². The number of carbonyl (C=O) groups excluding carboxylic acids is 1. The van der Waals surface area contributed by atoms with Crippen molar-refractivity contribution in [1.82, 2.24) is 5.32 Å². The van der Waals surface area contributed by atoms with Crippen LogP contribution in [0.4, 0.5) is 8.78 Å². The molecule has 110 valence electrons. The fourth-order valence-electron chi connectivity index (χ4n) is 2.48. The van der Waals surface area contributed by atoms with Crippen molar-refractivity contribution in [2.75, 3.05) is 0 Å². The van der Waals surface area contributed by atoms with E-state index >= 15 is 0 Å². The molecule has 1 rings (SSSR count). The van der Waals surface area contributed by atoms with Gasteiger partial charge in [0.25, 0.3) is 0 Å². The van der Waals surface area contributed by atoms with Gasteiger partial charge in [0, 0.05) is 12.8 Å². The van der Waals surface area contributed by atoms with Crippen LogP contribution >= 0.6 is 0 Å². The van der Waals surface area contributed by atoms with E-state index < -0.39 is 30.8 Å². The molecule has 0 heterocycles. The molecule has 1 amide bonds. The third-order valence-electron chi connectivity index (χ3n) is 3.55.